The molecule has 0 aliphatic carbocycles. The largest absolute Gasteiger partial charge is 0.391 e. The smallest absolute Gasteiger partial charge is 0.0944 e. The van der Waals surface area contributed by atoms with Crippen LogP contribution < -0.4 is 0 Å². The molecule has 1 heterocycles. The van der Waals surface area contributed by atoms with Crippen molar-refractivity contribution >= 4 is 11.3 Å². The van der Waals surface area contributed by atoms with Gasteiger partial charge in [-0.15, -0.1) is 11.3 Å². The van der Waals surface area contributed by atoms with Gasteiger partial charge in [-0.1, -0.05) is 13.8 Å². The van der Waals surface area contributed by atoms with E-state index in [-0.39, 0.29) is 6.61 Å². The van der Waals surface area contributed by atoms with Gasteiger partial charge in [-0.05, 0) is 20.0 Å². The Labute approximate surface area is 95.8 Å². The standard InChI is InChI=1S/C11H20N2OS/c1-8(2)11-9(7-14)15-10(12-11)5-6-13(3)4/h8,14H,5-7H2,1-4H3. The Morgan fingerprint density at radius 3 is 2.47 bits per heavy atom. The van der Waals surface area contributed by atoms with Gasteiger partial charge in [0.15, 0.2) is 0 Å². The Hall–Kier alpha value is -0.450. The van der Waals surface area contributed by atoms with Gasteiger partial charge in [0.25, 0.3) is 0 Å². The van der Waals surface area contributed by atoms with Gasteiger partial charge in [0.05, 0.1) is 22.2 Å². The fourth-order valence-electron chi connectivity index (χ4n) is 1.40. The number of hydrogen-bond acceptors (Lipinski definition) is 4. The molecule has 1 aromatic rings. The van der Waals surface area contributed by atoms with Crippen LogP contribution in [0.3, 0.4) is 0 Å². The first kappa shape index (κ1) is 12.6. The molecule has 1 aromatic heterocycles. The highest BCUT2D eigenvalue weighted by Crippen LogP contribution is 2.25. The fourth-order valence-corrected chi connectivity index (χ4v) is 2.48. The number of thiazole rings is 1. The monoisotopic (exact) mass is 228 g/mol. The Morgan fingerprint density at radius 2 is 2.07 bits per heavy atom. The van der Waals surface area contributed by atoms with Gasteiger partial charge >= 0.3 is 0 Å². The highest BCUT2D eigenvalue weighted by atomic mass is 32.1. The summed E-state index contributed by atoms with van der Waals surface area (Å²) in [6, 6.07) is 0. The number of aromatic nitrogens is 1. The van der Waals surface area contributed by atoms with Crippen LogP contribution >= 0.6 is 11.3 Å². The van der Waals surface area contributed by atoms with Crippen LogP contribution in [-0.4, -0.2) is 35.6 Å². The third-order valence-corrected chi connectivity index (χ3v) is 3.35. The van der Waals surface area contributed by atoms with Crippen LogP contribution in [0, 0.1) is 0 Å². The van der Waals surface area contributed by atoms with Crippen molar-refractivity contribution in [2.45, 2.75) is 32.8 Å². The predicted octanol–water partition coefficient (Wildman–Crippen LogP) is 1.86. The Balaban J connectivity index is 2.74. The summed E-state index contributed by atoms with van der Waals surface area (Å²) >= 11 is 1.64. The molecule has 86 valence electrons. The van der Waals surface area contributed by atoms with E-state index in [1.54, 1.807) is 11.3 Å². The van der Waals surface area contributed by atoms with Gasteiger partial charge in [-0.3, -0.25) is 0 Å². The molecule has 0 saturated carbocycles. The van der Waals surface area contributed by atoms with E-state index in [0.717, 1.165) is 28.5 Å². The molecular formula is C11H20N2OS. The summed E-state index contributed by atoms with van der Waals surface area (Å²) < 4.78 is 0. The normalized spacial score (nSPS) is 11.7. The van der Waals surface area contributed by atoms with Crippen molar-refractivity contribution in [3.63, 3.8) is 0 Å². The number of likely N-dealkylation sites (N-methyl/N-ethyl adjacent to an activating group) is 1. The average molecular weight is 228 g/mol. The molecule has 3 nitrogen and oxygen atoms in total. The van der Waals surface area contributed by atoms with E-state index >= 15 is 0 Å². The van der Waals surface area contributed by atoms with E-state index in [1.165, 1.54) is 0 Å². The lowest BCUT2D eigenvalue weighted by Gasteiger charge is -2.06. The number of aliphatic hydroxyl groups is 1. The van der Waals surface area contributed by atoms with E-state index in [1.807, 2.05) is 0 Å². The topological polar surface area (TPSA) is 36.4 Å². The molecule has 0 aromatic carbocycles. The second-order valence-corrected chi connectivity index (χ2v) is 5.45. The van der Waals surface area contributed by atoms with Crippen LogP contribution in [0.25, 0.3) is 0 Å². The molecule has 0 aliphatic rings. The lowest BCUT2D eigenvalue weighted by molar-refractivity contribution is 0.283. The molecule has 0 bridgehead atoms. The molecular weight excluding hydrogens is 208 g/mol. The summed E-state index contributed by atoms with van der Waals surface area (Å²) in [6.45, 7) is 5.36. The Bertz CT molecular complexity index is 308. The maximum atomic E-state index is 9.22. The summed E-state index contributed by atoms with van der Waals surface area (Å²) in [5.41, 5.74) is 1.07. The third kappa shape index (κ3) is 3.55. The molecule has 0 fully saturated rings. The Morgan fingerprint density at radius 1 is 1.40 bits per heavy atom. The van der Waals surface area contributed by atoms with Crippen molar-refractivity contribution in [2.75, 3.05) is 20.6 Å². The lowest BCUT2D eigenvalue weighted by atomic mass is 10.1. The zero-order chi connectivity index (χ0) is 11.4. The molecule has 1 N–H and O–H groups in total. The van der Waals surface area contributed by atoms with Crippen LogP contribution in [-0.2, 0) is 13.0 Å². The van der Waals surface area contributed by atoms with E-state index < -0.39 is 0 Å². The van der Waals surface area contributed by atoms with Crippen molar-refractivity contribution in [3.05, 3.63) is 15.6 Å². The summed E-state index contributed by atoms with van der Waals surface area (Å²) in [5, 5.41) is 10.4. The minimum Gasteiger partial charge on any atom is -0.391 e. The first-order chi connectivity index (χ1) is 7.04. The van der Waals surface area contributed by atoms with Gasteiger partial charge in [-0.2, -0.15) is 0 Å². The highest BCUT2D eigenvalue weighted by molar-refractivity contribution is 7.11. The quantitative estimate of drug-likeness (QED) is 0.835. The summed E-state index contributed by atoms with van der Waals surface area (Å²) in [4.78, 5) is 7.76. The maximum absolute atomic E-state index is 9.22. The van der Waals surface area contributed by atoms with Crippen molar-refractivity contribution < 1.29 is 5.11 Å². The van der Waals surface area contributed by atoms with Crippen molar-refractivity contribution in [3.8, 4) is 0 Å². The molecule has 0 spiro atoms. The van der Waals surface area contributed by atoms with E-state index in [2.05, 4.69) is 37.8 Å². The van der Waals surface area contributed by atoms with Crippen LogP contribution in [0.15, 0.2) is 0 Å². The minimum atomic E-state index is 0.118. The van der Waals surface area contributed by atoms with Crippen molar-refractivity contribution in [1.29, 1.82) is 0 Å². The highest BCUT2D eigenvalue weighted by Gasteiger charge is 2.13. The molecule has 0 unspecified atom stereocenters. The predicted molar refractivity (Wildman–Crippen MR) is 64.4 cm³/mol. The summed E-state index contributed by atoms with van der Waals surface area (Å²) in [5.74, 6) is 0.400. The molecule has 15 heavy (non-hydrogen) atoms. The van der Waals surface area contributed by atoms with Crippen LogP contribution in [0.1, 0.15) is 35.3 Å². The lowest BCUT2D eigenvalue weighted by Crippen LogP contribution is -2.14. The average Bonchev–Trinajstić information content (AvgIpc) is 2.57. The molecule has 1 rings (SSSR count). The van der Waals surface area contributed by atoms with Gasteiger partial charge in [0, 0.05) is 13.0 Å². The molecule has 0 saturated heterocycles. The fraction of sp³-hybridized carbons (Fsp3) is 0.727. The molecule has 4 heteroatoms. The molecule has 0 atom stereocenters. The first-order valence-electron chi connectivity index (χ1n) is 5.28. The van der Waals surface area contributed by atoms with Crippen LogP contribution in [0.2, 0.25) is 0 Å². The molecule has 0 radical (unpaired) electrons. The van der Waals surface area contributed by atoms with Crippen molar-refractivity contribution in [1.82, 2.24) is 9.88 Å². The summed E-state index contributed by atoms with van der Waals surface area (Å²) in [7, 11) is 4.12. The number of hydrogen-bond donors (Lipinski definition) is 1. The molecule has 0 aliphatic heterocycles. The van der Waals surface area contributed by atoms with E-state index in [4.69, 9.17) is 0 Å². The van der Waals surface area contributed by atoms with Gasteiger partial charge < -0.3 is 10.0 Å². The van der Waals surface area contributed by atoms with Crippen molar-refractivity contribution in [2.24, 2.45) is 0 Å². The van der Waals surface area contributed by atoms with E-state index in [0.29, 0.717) is 5.92 Å². The molecule has 0 amide bonds. The summed E-state index contributed by atoms with van der Waals surface area (Å²) in [6.07, 6.45) is 0.970. The second kappa shape index (κ2) is 5.58. The SMILES string of the molecule is CC(C)c1nc(CCN(C)C)sc1CO. The van der Waals surface area contributed by atoms with Gasteiger partial charge in [-0.25, -0.2) is 4.98 Å². The van der Waals surface area contributed by atoms with E-state index in [9.17, 15) is 5.11 Å². The number of rotatable bonds is 5. The second-order valence-electron chi connectivity index (χ2n) is 4.28. The minimum absolute atomic E-state index is 0.118. The van der Waals surface area contributed by atoms with Crippen LogP contribution in [0.4, 0.5) is 0 Å². The zero-order valence-electron chi connectivity index (χ0n) is 9.95. The third-order valence-electron chi connectivity index (χ3n) is 2.24. The van der Waals surface area contributed by atoms with Crippen LogP contribution in [0.5, 0.6) is 0 Å². The Kier molecular flexibility index (Phi) is 4.70. The maximum Gasteiger partial charge on any atom is 0.0944 e. The number of aliphatic hydroxyl groups excluding tert-OH is 1. The zero-order valence-corrected chi connectivity index (χ0v) is 10.8. The van der Waals surface area contributed by atoms with Gasteiger partial charge in [0.1, 0.15) is 0 Å². The number of nitrogens with zero attached hydrogens (tertiary/aromatic N) is 2. The first-order valence-corrected chi connectivity index (χ1v) is 6.10. The van der Waals surface area contributed by atoms with Gasteiger partial charge in [0.2, 0.25) is 0 Å².